The predicted octanol–water partition coefficient (Wildman–Crippen LogP) is 0.901. The van der Waals surface area contributed by atoms with E-state index < -0.39 is 0 Å². The molecule has 0 aliphatic carbocycles. The highest BCUT2D eigenvalue weighted by molar-refractivity contribution is 6.05. The van der Waals surface area contributed by atoms with E-state index in [0.717, 1.165) is 6.42 Å². The van der Waals surface area contributed by atoms with Gasteiger partial charge >= 0.3 is 0 Å². The molecule has 0 aromatic heterocycles. The largest absolute Gasteiger partial charge is 0.355 e. The van der Waals surface area contributed by atoms with Gasteiger partial charge in [-0.1, -0.05) is 19.1 Å². The van der Waals surface area contributed by atoms with E-state index in [1.54, 1.807) is 24.3 Å². The number of amides is 3. The fourth-order valence-corrected chi connectivity index (χ4v) is 2.15. The van der Waals surface area contributed by atoms with Crippen LogP contribution in [-0.2, 0) is 9.59 Å². The van der Waals surface area contributed by atoms with Crippen LogP contribution in [0.1, 0.15) is 30.1 Å². The molecule has 1 saturated heterocycles. The van der Waals surface area contributed by atoms with E-state index in [2.05, 4.69) is 16.0 Å². The summed E-state index contributed by atoms with van der Waals surface area (Å²) < 4.78 is 0. The summed E-state index contributed by atoms with van der Waals surface area (Å²) in [4.78, 5) is 35.3. The number of carbonyl (C=O) groups excluding carboxylic acids is 3. The Hall–Kier alpha value is -2.37. The molecule has 1 aromatic rings. The molecule has 112 valence electrons. The summed E-state index contributed by atoms with van der Waals surface area (Å²) in [6.45, 7) is 2.90. The molecule has 21 heavy (non-hydrogen) atoms. The maximum Gasteiger partial charge on any atom is 0.253 e. The second-order valence-electron chi connectivity index (χ2n) is 5.00. The lowest BCUT2D eigenvalue weighted by molar-refractivity contribution is -0.123. The summed E-state index contributed by atoms with van der Waals surface area (Å²) in [6, 6.07) is 6.85. The zero-order chi connectivity index (χ0) is 15.2. The Morgan fingerprint density at radius 2 is 2.10 bits per heavy atom. The van der Waals surface area contributed by atoms with Gasteiger partial charge in [-0.25, -0.2) is 0 Å². The first-order valence-electron chi connectivity index (χ1n) is 7.06. The Labute approximate surface area is 123 Å². The fourth-order valence-electron chi connectivity index (χ4n) is 2.15. The highest BCUT2D eigenvalue weighted by Crippen LogP contribution is 2.18. The molecule has 1 atom stereocenters. The third kappa shape index (κ3) is 3.81. The Balaban J connectivity index is 2.07. The van der Waals surface area contributed by atoms with Gasteiger partial charge in [-0.2, -0.15) is 0 Å². The quantitative estimate of drug-likeness (QED) is 0.752. The minimum absolute atomic E-state index is 0.121. The summed E-state index contributed by atoms with van der Waals surface area (Å²) in [5, 5.41) is 8.14. The van der Waals surface area contributed by atoms with E-state index in [-0.39, 0.29) is 30.1 Å². The molecule has 1 aromatic carbocycles. The van der Waals surface area contributed by atoms with Gasteiger partial charge in [0, 0.05) is 19.5 Å². The van der Waals surface area contributed by atoms with Crippen LogP contribution in [0.15, 0.2) is 24.3 Å². The second-order valence-corrected chi connectivity index (χ2v) is 5.00. The van der Waals surface area contributed by atoms with E-state index >= 15 is 0 Å². The SMILES string of the molecule is CCCNC(=O)c1ccccc1NC(=O)C1CNC(=O)C1. The molecule has 3 N–H and O–H groups in total. The summed E-state index contributed by atoms with van der Waals surface area (Å²) in [5.74, 6) is -0.967. The zero-order valence-corrected chi connectivity index (χ0v) is 11.9. The normalized spacial score (nSPS) is 17.2. The fraction of sp³-hybridized carbons (Fsp3) is 0.400. The standard InChI is InChI=1S/C15H19N3O3/c1-2-7-16-15(21)11-5-3-4-6-12(11)18-14(20)10-8-13(19)17-9-10/h3-6,10H,2,7-9H2,1H3,(H,16,21)(H,17,19)(H,18,20). The zero-order valence-electron chi connectivity index (χ0n) is 11.9. The molecular formula is C15H19N3O3. The van der Waals surface area contributed by atoms with Gasteiger partial charge in [0.25, 0.3) is 5.91 Å². The highest BCUT2D eigenvalue weighted by Gasteiger charge is 2.28. The van der Waals surface area contributed by atoms with Crippen molar-refractivity contribution in [1.82, 2.24) is 10.6 Å². The van der Waals surface area contributed by atoms with Crippen LogP contribution >= 0.6 is 0 Å². The van der Waals surface area contributed by atoms with E-state index in [9.17, 15) is 14.4 Å². The average molecular weight is 289 g/mol. The van der Waals surface area contributed by atoms with Gasteiger partial charge in [0.1, 0.15) is 0 Å². The first-order chi connectivity index (χ1) is 10.1. The Morgan fingerprint density at radius 3 is 2.76 bits per heavy atom. The molecule has 0 radical (unpaired) electrons. The van der Waals surface area contributed by atoms with Crippen LogP contribution < -0.4 is 16.0 Å². The van der Waals surface area contributed by atoms with Gasteiger partial charge in [-0.3, -0.25) is 14.4 Å². The van der Waals surface area contributed by atoms with Gasteiger partial charge in [0.15, 0.2) is 0 Å². The molecule has 6 heteroatoms. The maximum absolute atomic E-state index is 12.1. The Kier molecular flexibility index (Phi) is 4.92. The van der Waals surface area contributed by atoms with Crippen molar-refractivity contribution < 1.29 is 14.4 Å². The molecule has 1 aliphatic rings. The van der Waals surface area contributed by atoms with Crippen molar-refractivity contribution in [2.45, 2.75) is 19.8 Å². The van der Waals surface area contributed by atoms with Crippen LogP contribution in [-0.4, -0.2) is 30.8 Å². The van der Waals surface area contributed by atoms with Gasteiger partial charge in [0.2, 0.25) is 11.8 Å². The number of anilines is 1. The maximum atomic E-state index is 12.1. The molecule has 0 spiro atoms. The molecular weight excluding hydrogens is 270 g/mol. The lowest BCUT2D eigenvalue weighted by Gasteiger charge is -2.13. The smallest absolute Gasteiger partial charge is 0.253 e. The number of para-hydroxylation sites is 1. The molecule has 3 amide bonds. The summed E-state index contributed by atoms with van der Waals surface area (Å²) in [5.41, 5.74) is 0.895. The lowest BCUT2D eigenvalue weighted by Crippen LogP contribution is -2.28. The van der Waals surface area contributed by atoms with Crippen LogP contribution in [0.5, 0.6) is 0 Å². The van der Waals surface area contributed by atoms with Crippen molar-refractivity contribution in [3.8, 4) is 0 Å². The van der Waals surface area contributed by atoms with Crippen LogP contribution in [0.2, 0.25) is 0 Å². The van der Waals surface area contributed by atoms with Gasteiger partial charge < -0.3 is 16.0 Å². The molecule has 1 fully saturated rings. The summed E-state index contributed by atoms with van der Waals surface area (Å²) in [7, 11) is 0. The first-order valence-corrected chi connectivity index (χ1v) is 7.06. The number of carbonyl (C=O) groups is 3. The van der Waals surface area contributed by atoms with Crippen molar-refractivity contribution in [2.24, 2.45) is 5.92 Å². The monoisotopic (exact) mass is 289 g/mol. The Morgan fingerprint density at radius 1 is 1.33 bits per heavy atom. The number of hydrogen-bond acceptors (Lipinski definition) is 3. The first kappa shape index (κ1) is 15.0. The van der Waals surface area contributed by atoms with Crippen molar-refractivity contribution in [3.05, 3.63) is 29.8 Å². The van der Waals surface area contributed by atoms with Crippen LogP contribution in [0.25, 0.3) is 0 Å². The minimum Gasteiger partial charge on any atom is -0.355 e. The van der Waals surface area contributed by atoms with Gasteiger partial charge in [0.05, 0.1) is 17.2 Å². The molecule has 1 heterocycles. The van der Waals surface area contributed by atoms with Crippen molar-refractivity contribution >= 4 is 23.4 Å². The molecule has 1 unspecified atom stereocenters. The highest BCUT2D eigenvalue weighted by atomic mass is 16.2. The Bertz CT molecular complexity index is 557. The molecule has 6 nitrogen and oxygen atoms in total. The number of rotatable bonds is 5. The second kappa shape index (κ2) is 6.88. The summed E-state index contributed by atoms with van der Waals surface area (Å²) >= 11 is 0. The van der Waals surface area contributed by atoms with Crippen LogP contribution in [0, 0.1) is 5.92 Å². The van der Waals surface area contributed by atoms with Crippen LogP contribution in [0.3, 0.4) is 0 Å². The van der Waals surface area contributed by atoms with Gasteiger partial charge in [-0.15, -0.1) is 0 Å². The topological polar surface area (TPSA) is 87.3 Å². The molecule has 0 bridgehead atoms. The molecule has 1 aliphatic heterocycles. The number of nitrogens with one attached hydrogen (secondary N) is 3. The molecule has 2 rings (SSSR count). The van der Waals surface area contributed by atoms with Crippen LogP contribution in [0.4, 0.5) is 5.69 Å². The summed E-state index contributed by atoms with van der Waals surface area (Å²) in [6.07, 6.45) is 1.03. The van der Waals surface area contributed by atoms with E-state index in [1.165, 1.54) is 0 Å². The molecule has 0 saturated carbocycles. The lowest BCUT2D eigenvalue weighted by atomic mass is 10.1. The van der Waals surface area contributed by atoms with Gasteiger partial charge in [-0.05, 0) is 18.6 Å². The third-order valence-electron chi connectivity index (χ3n) is 3.31. The van der Waals surface area contributed by atoms with E-state index in [1.807, 2.05) is 6.92 Å². The van der Waals surface area contributed by atoms with Crippen molar-refractivity contribution in [1.29, 1.82) is 0 Å². The minimum atomic E-state index is -0.385. The number of benzene rings is 1. The average Bonchev–Trinajstić information content (AvgIpc) is 2.92. The van der Waals surface area contributed by atoms with E-state index in [0.29, 0.717) is 24.3 Å². The predicted molar refractivity (Wildman–Crippen MR) is 78.8 cm³/mol. The third-order valence-corrected chi connectivity index (χ3v) is 3.31. The van der Waals surface area contributed by atoms with Crippen molar-refractivity contribution in [2.75, 3.05) is 18.4 Å². The number of hydrogen-bond donors (Lipinski definition) is 3. The van der Waals surface area contributed by atoms with Crippen molar-refractivity contribution in [3.63, 3.8) is 0 Å². The van der Waals surface area contributed by atoms with E-state index in [4.69, 9.17) is 0 Å².